The smallest absolute Gasteiger partial charge is 0.362 e. The lowest BCUT2D eigenvalue weighted by molar-refractivity contribution is -0.384. The number of hydrogen-bond donors (Lipinski definition) is 1. The number of aryl methyl sites for hydroxylation is 1. The molecule has 4 rings (SSSR count). The van der Waals surface area contributed by atoms with E-state index in [1.165, 1.54) is 11.3 Å². The number of piperazine rings is 1. The third-order valence-electron chi connectivity index (χ3n) is 5.71. The highest BCUT2D eigenvalue weighted by Gasteiger charge is 2.35. The Bertz CT molecular complexity index is 1110. The summed E-state index contributed by atoms with van der Waals surface area (Å²) in [5.74, 6) is -0.193. The molecule has 1 saturated carbocycles. The van der Waals surface area contributed by atoms with Crippen molar-refractivity contribution in [3.63, 3.8) is 0 Å². The maximum atomic E-state index is 13.0. The van der Waals surface area contributed by atoms with Gasteiger partial charge in [-0.2, -0.15) is 13.2 Å². The maximum Gasteiger partial charge on any atom is 0.416 e. The van der Waals surface area contributed by atoms with E-state index in [-0.39, 0.29) is 49.6 Å². The van der Waals surface area contributed by atoms with Crippen LogP contribution in [0.2, 0.25) is 0 Å². The van der Waals surface area contributed by atoms with Crippen molar-refractivity contribution < 1.29 is 27.7 Å². The number of nitrogens with one attached hydrogen (secondary N) is 1. The Morgan fingerprint density at radius 1 is 1.15 bits per heavy atom. The van der Waals surface area contributed by atoms with E-state index in [1.807, 2.05) is 0 Å². The second kappa shape index (κ2) is 8.65. The lowest BCUT2D eigenvalue weighted by Gasteiger charge is -2.35. The van der Waals surface area contributed by atoms with E-state index in [0.717, 1.165) is 30.5 Å². The number of rotatable bonds is 5. The number of halogens is 3. The summed E-state index contributed by atoms with van der Waals surface area (Å²) < 4.78 is 38.9. The van der Waals surface area contributed by atoms with Crippen LogP contribution in [0.15, 0.2) is 24.3 Å². The van der Waals surface area contributed by atoms with E-state index in [1.54, 1.807) is 22.8 Å². The van der Waals surface area contributed by atoms with Gasteiger partial charge in [0.1, 0.15) is 5.69 Å². The fourth-order valence-electron chi connectivity index (χ4n) is 3.73. The third-order valence-corrected chi connectivity index (χ3v) is 6.85. The highest BCUT2D eigenvalue weighted by molar-refractivity contribution is 7.18. The molecule has 0 atom stereocenters. The third kappa shape index (κ3) is 4.95. The summed E-state index contributed by atoms with van der Waals surface area (Å²) in [7, 11) is 0. The average Bonchev–Trinajstić information content (AvgIpc) is 3.56. The summed E-state index contributed by atoms with van der Waals surface area (Å²) in [6, 6.07) is 4.24. The fraction of sp³-hybridized carbons (Fsp3) is 0.429. The monoisotopic (exact) mass is 482 g/mol. The molecular weight excluding hydrogens is 461 g/mol. The number of carbonyl (C=O) groups is 2. The molecule has 33 heavy (non-hydrogen) atoms. The molecule has 1 saturated heterocycles. The average molecular weight is 482 g/mol. The van der Waals surface area contributed by atoms with Gasteiger partial charge in [-0.25, -0.2) is 0 Å². The van der Waals surface area contributed by atoms with E-state index >= 15 is 0 Å². The van der Waals surface area contributed by atoms with Gasteiger partial charge in [-0.05, 0) is 43.5 Å². The Balaban J connectivity index is 1.44. The number of anilines is 2. The van der Waals surface area contributed by atoms with Crippen LogP contribution in [0.4, 0.5) is 29.5 Å². The molecule has 1 aromatic carbocycles. The van der Waals surface area contributed by atoms with Crippen LogP contribution in [0.1, 0.15) is 33.6 Å². The fourth-order valence-corrected chi connectivity index (χ4v) is 4.78. The lowest BCUT2D eigenvalue weighted by Crippen LogP contribution is -2.48. The molecule has 1 N–H and O–H groups in total. The largest absolute Gasteiger partial charge is 0.416 e. The van der Waals surface area contributed by atoms with Crippen molar-refractivity contribution in [3.05, 3.63) is 50.4 Å². The van der Waals surface area contributed by atoms with E-state index in [9.17, 15) is 32.9 Å². The normalized spacial score (nSPS) is 16.6. The minimum absolute atomic E-state index is 0.0398. The van der Waals surface area contributed by atoms with Crippen LogP contribution < -0.4 is 10.2 Å². The van der Waals surface area contributed by atoms with Gasteiger partial charge in [0.15, 0.2) is 0 Å². The SMILES string of the molecule is Cc1cc(NC(=O)C2CC2)sc1C(=O)N1CCN(c2ccc(C(F)(F)F)cc2[N+](=O)[O-])CC1. The highest BCUT2D eigenvalue weighted by atomic mass is 32.1. The summed E-state index contributed by atoms with van der Waals surface area (Å²) in [4.78, 5) is 39.3. The highest BCUT2D eigenvalue weighted by Crippen LogP contribution is 2.37. The lowest BCUT2D eigenvalue weighted by atomic mass is 10.1. The number of nitro benzene ring substituents is 1. The molecule has 2 heterocycles. The molecule has 0 unspecified atom stereocenters. The van der Waals surface area contributed by atoms with Gasteiger partial charge >= 0.3 is 6.18 Å². The van der Waals surface area contributed by atoms with Crippen LogP contribution in [0.25, 0.3) is 0 Å². The van der Waals surface area contributed by atoms with Gasteiger partial charge in [0, 0.05) is 38.2 Å². The van der Waals surface area contributed by atoms with Crippen LogP contribution in [0, 0.1) is 23.0 Å². The van der Waals surface area contributed by atoms with Crippen molar-refractivity contribution in [3.8, 4) is 0 Å². The van der Waals surface area contributed by atoms with Crippen LogP contribution >= 0.6 is 11.3 Å². The van der Waals surface area contributed by atoms with Gasteiger partial charge < -0.3 is 15.1 Å². The predicted molar refractivity (Wildman–Crippen MR) is 117 cm³/mol. The first-order chi connectivity index (χ1) is 15.5. The molecule has 0 spiro atoms. The Hall–Kier alpha value is -3.15. The van der Waals surface area contributed by atoms with Crippen LogP contribution in [0.5, 0.6) is 0 Å². The zero-order valence-corrected chi connectivity index (χ0v) is 18.5. The topological polar surface area (TPSA) is 95.8 Å². The number of amides is 2. The minimum atomic E-state index is -4.68. The summed E-state index contributed by atoms with van der Waals surface area (Å²) in [5, 5.41) is 14.8. The Morgan fingerprint density at radius 3 is 2.39 bits per heavy atom. The number of nitrogens with zero attached hydrogens (tertiary/aromatic N) is 3. The molecule has 8 nitrogen and oxygen atoms in total. The zero-order chi connectivity index (χ0) is 23.9. The molecule has 1 aliphatic heterocycles. The quantitative estimate of drug-likeness (QED) is 0.507. The van der Waals surface area contributed by atoms with Crippen molar-refractivity contribution >= 4 is 39.5 Å². The van der Waals surface area contributed by atoms with E-state index < -0.39 is 22.4 Å². The Kier molecular flexibility index (Phi) is 6.04. The molecule has 2 aromatic rings. The number of carbonyl (C=O) groups excluding carboxylic acids is 2. The summed E-state index contributed by atoms with van der Waals surface area (Å²) in [6.07, 6.45) is -2.92. The molecule has 0 radical (unpaired) electrons. The number of nitro groups is 1. The van der Waals surface area contributed by atoms with E-state index in [0.29, 0.717) is 15.9 Å². The van der Waals surface area contributed by atoms with Crippen molar-refractivity contribution in [2.24, 2.45) is 5.92 Å². The van der Waals surface area contributed by atoms with Gasteiger partial charge in [0.2, 0.25) is 5.91 Å². The summed E-state index contributed by atoms with van der Waals surface area (Å²) >= 11 is 1.21. The van der Waals surface area contributed by atoms with Gasteiger partial charge in [0.25, 0.3) is 11.6 Å². The number of alkyl halides is 3. The van der Waals surface area contributed by atoms with Gasteiger partial charge in [-0.1, -0.05) is 0 Å². The molecule has 0 bridgehead atoms. The van der Waals surface area contributed by atoms with Crippen molar-refractivity contribution in [2.75, 3.05) is 36.4 Å². The number of benzene rings is 1. The van der Waals surface area contributed by atoms with Gasteiger partial charge in [-0.15, -0.1) is 11.3 Å². The van der Waals surface area contributed by atoms with Crippen LogP contribution in [0.3, 0.4) is 0 Å². The van der Waals surface area contributed by atoms with E-state index in [2.05, 4.69) is 5.32 Å². The van der Waals surface area contributed by atoms with Crippen LogP contribution in [-0.4, -0.2) is 47.8 Å². The summed E-state index contributed by atoms with van der Waals surface area (Å²) in [6.45, 7) is 2.80. The Morgan fingerprint density at radius 2 is 1.82 bits per heavy atom. The molecule has 176 valence electrons. The molecule has 1 aromatic heterocycles. The van der Waals surface area contributed by atoms with E-state index in [4.69, 9.17) is 0 Å². The molecular formula is C21H21F3N4O4S. The first kappa shape index (κ1) is 23.0. The molecule has 2 aliphatic rings. The predicted octanol–water partition coefficient (Wildman–Crippen LogP) is 4.29. The number of hydrogen-bond acceptors (Lipinski definition) is 6. The van der Waals surface area contributed by atoms with Crippen molar-refractivity contribution in [1.29, 1.82) is 0 Å². The second-order valence-corrected chi connectivity index (χ2v) is 9.18. The summed E-state index contributed by atoms with van der Waals surface area (Å²) in [5.41, 5.74) is -0.853. The zero-order valence-electron chi connectivity index (χ0n) is 17.6. The van der Waals surface area contributed by atoms with Crippen molar-refractivity contribution in [2.45, 2.75) is 25.9 Å². The number of thiophene rings is 1. The second-order valence-electron chi connectivity index (χ2n) is 8.12. The first-order valence-electron chi connectivity index (χ1n) is 10.4. The first-order valence-corrected chi connectivity index (χ1v) is 11.2. The van der Waals surface area contributed by atoms with Gasteiger partial charge in [-0.3, -0.25) is 19.7 Å². The minimum Gasteiger partial charge on any atom is -0.362 e. The maximum absolute atomic E-state index is 13.0. The van der Waals surface area contributed by atoms with Crippen molar-refractivity contribution in [1.82, 2.24) is 4.90 Å². The standard InChI is InChI=1S/C21H21F3N4O4S/c1-12-10-17(25-19(29)13-2-3-13)33-18(12)20(30)27-8-6-26(7-9-27)15-5-4-14(21(22,23)24)11-16(15)28(31)32/h4-5,10-11,13H,2-3,6-9H2,1H3,(H,25,29). The molecule has 2 fully saturated rings. The van der Waals surface area contributed by atoms with Gasteiger partial charge in [0.05, 0.1) is 20.4 Å². The van der Waals surface area contributed by atoms with Crippen LogP contribution in [-0.2, 0) is 11.0 Å². The molecule has 2 amide bonds. The molecule has 1 aliphatic carbocycles. The molecule has 12 heteroatoms. The Labute approximate surface area is 191 Å².